The number of carboxylic acid groups (broad SMARTS) is 1. The van der Waals surface area contributed by atoms with E-state index in [0.717, 1.165) is 5.57 Å². The zero-order chi connectivity index (χ0) is 23.7. The maximum Gasteiger partial charge on any atom is 0.327 e. The Labute approximate surface area is 193 Å². The molecule has 1 fully saturated rings. The molecule has 1 aromatic rings. The zero-order valence-electron chi connectivity index (χ0n) is 17.7. The first-order chi connectivity index (χ1) is 15.3. The first kappa shape index (κ1) is 25.9. The minimum atomic E-state index is -1.13. The van der Waals surface area contributed by atoms with Gasteiger partial charge in [0.25, 0.3) is 0 Å². The molecule has 0 radical (unpaired) electrons. The number of carbonyl (C=O) groups excluding carboxylic acids is 3. The van der Waals surface area contributed by atoms with E-state index < -0.39 is 35.7 Å². The van der Waals surface area contributed by atoms with Crippen LogP contribution in [-0.2, 0) is 23.9 Å². The summed E-state index contributed by atoms with van der Waals surface area (Å²) in [6, 6.07) is 4.02. The zero-order valence-corrected chi connectivity index (χ0v) is 19.3. The van der Waals surface area contributed by atoms with E-state index >= 15 is 0 Å². The van der Waals surface area contributed by atoms with E-state index in [1.54, 1.807) is 11.0 Å². The molecule has 0 saturated carbocycles. The summed E-state index contributed by atoms with van der Waals surface area (Å²) in [4.78, 5) is 47.9. The van der Waals surface area contributed by atoms with Crippen molar-refractivity contribution in [2.24, 2.45) is 0 Å². The Morgan fingerprint density at radius 2 is 2.09 bits per heavy atom. The van der Waals surface area contributed by atoms with Crippen LogP contribution in [0.3, 0.4) is 0 Å². The van der Waals surface area contributed by atoms with E-state index in [9.17, 15) is 28.7 Å². The fourth-order valence-electron chi connectivity index (χ4n) is 3.35. The van der Waals surface area contributed by atoms with Gasteiger partial charge in [0.05, 0.1) is 7.11 Å². The lowest BCUT2D eigenvalue weighted by atomic mass is 9.98. The van der Waals surface area contributed by atoms with Gasteiger partial charge in [-0.05, 0) is 24.1 Å². The van der Waals surface area contributed by atoms with Crippen molar-refractivity contribution in [3.63, 3.8) is 0 Å². The van der Waals surface area contributed by atoms with Crippen LogP contribution in [0, 0.1) is 5.82 Å². The number of rotatable bonds is 10. The topological polar surface area (TPSA) is 113 Å². The van der Waals surface area contributed by atoms with E-state index in [0.29, 0.717) is 19.3 Å². The fourth-order valence-corrected chi connectivity index (χ4v) is 6.23. The summed E-state index contributed by atoms with van der Waals surface area (Å²) >= 11 is 0. The molecule has 2 N–H and O–H groups in total. The first-order valence-corrected chi connectivity index (χ1v) is 12.1. The highest BCUT2D eigenvalue weighted by atomic mass is 33.1. The Hall–Kier alpha value is -2.37. The van der Waals surface area contributed by atoms with Crippen molar-refractivity contribution in [3.8, 4) is 0 Å². The van der Waals surface area contributed by atoms with Crippen LogP contribution in [0.5, 0.6) is 0 Å². The number of methoxy groups -OCH3 is 1. The van der Waals surface area contributed by atoms with Crippen molar-refractivity contribution in [2.45, 2.75) is 30.7 Å². The van der Waals surface area contributed by atoms with E-state index in [-0.39, 0.29) is 23.1 Å². The van der Waals surface area contributed by atoms with Crippen LogP contribution in [-0.4, -0.2) is 71.4 Å². The monoisotopic (exact) mass is 484 g/mol. The van der Waals surface area contributed by atoms with Gasteiger partial charge >= 0.3 is 11.9 Å². The average Bonchev–Trinajstić information content (AvgIpc) is 2.75. The molecule has 1 aliphatic heterocycles. The van der Waals surface area contributed by atoms with Gasteiger partial charge in [0.1, 0.15) is 24.2 Å². The van der Waals surface area contributed by atoms with Crippen LogP contribution in [0.4, 0.5) is 4.39 Å². The molecule has 2 unspecified atom stereocenters. The first-order valence-electron chi connectivity index (χ1n) is 9.77. The van der Waals surface area contributed by atoms with Gasteiger partial charge < -0.3 is 15.2 Å². The lowest BCUT2D eigenvalue weighted by molar-refractivity contribution is -0.147. The van der Waals surface area contributed by atoms with E-state index in [4.69, 9.17) is 4.74 Å². The highest BCUT2D eigenvalue weighted by Crippen LogP contribution is 2.38. The Bertz CT molecular complexity index is 882. The maximum absolute atomic E-state index is 14.4. The molecule has 8 nitrogen and oxygen atoms in total. The number of carbonyl (C=O) groups is 4. The molecule has 11 heteroatoms. The summed E-state index contributed by atoms with van der Waals surface area (Å²) in [5.74, 6) is -2.53. The van der Waals surface area contributed by atoms with Crippen LogP contribution in [0.2, 0.25) is 0 Å². The predicted octanol–water partition coefficient (Wildman–Crippen LogP) is 2.21. The van der Waals surface area contributed by atoms with E-state index in [1.165, 1.54) is 59.9 Å². The third-order valence-electron chi connectivity index (χ3n) is 4.84. The van der Waals surface area contributed by atoms with Crippen molar-refractivity contribution < 1.29 is 33.4 Å². The second-order valence-electron chi connectivity index (χ2n) is 7.04. The van der Waals surface area contributed by atoms with Crippen LogP contribution in [0.15, 0.2) is 35.9 Å². The quantitative estimate of drug-likeness (QED) is 0.223. The van der Waals surface area contributed by atoms with Gasteiger partial charge in [0.2, 0.25) is 5.91 Å². The number of nitrogens with one attached hydrogen (secondary N) is 1. The maximum atomic E-state index is 14.4. The molecular formula is C21H25FN2O6S2. The largest absolute Gasteiger partial charge is 0.480 e. The van der Waals surface area contributed by atoms with Crippen molar-refractivity contribution in [1.29, 1.82) is 0 Å². The Balaban J connectivity index is 2.11. The molecule has 32 heavy (non-hydrogen) atoms. The van der Waals surface area contributed by atoms with Crippen molar-refractivity contribution in [3.05, 3.63) is 47.3 Å². The van der Waals surface area contributed by atoms with Crippen LogP contribution in [0.25, 0.3) is 0 Å². The fraction of sp³-hybridized carbons (Fsp3) is 0.429. The number of benzene rings is 1. The summed E-state index contributed by atoms with van der Waals surface area (Å²) in [6.07, 6.45) is 2.63. The van der Waals surface area contributed by atoms with E-state index in [2.05, 4.69) is 5.32 Å². The van der Waals surface area contributed by atoms with Crippen LogP contribution >= 0.6 is 21.6 Å². The molecule has 1 aliphatic rings. The molecule has 0 bridgehead atoms. The number of hydrogen-bond acceptors (Lipinski definition) is 8. The average molecular weight is 485 g/mol. The summed E-state index contributed by atoms with van der Waals surface area (Å²) in [5, 5.41) is 11.5. The number of ether oxygens (including phenoxy) is 1. The summed E-state index contributed by atoms with van der Waals surface area (Å²) in [6.45, 7) is 1.94. The van der Waals surface area contributed by atoms with Gasteiger partial charge in [-0.15, -0.1) is 0 Å². The Morgan fingerprint density at radius 1 is 1.38 bits per heavy atom. The highest BCUT2D eigenvalue weighted by Gasteiger charge is 2.35. The van der Waals surface area contributed by atoms with Crippen LogP contribution in [0.1, 0.15) is 24.9 Å². The summed E-state index contributed by atoms with van der Waals surface area (Å²) in [7, 11) is 3.93. The molecular weight excluding hydrogens is 459 g/mol. The van der Waals surface area contributed by atoms with Gasteiger partial charge in [-0.1, -0.05) is 39.8 Å². The number of amides is 1. The third-order valence-corrected chi connectivity index (χ3v) is 7.73. The lowest BCUT2D eigenvalue weighted by Gasteiger charge is -2.37. The number of allylic oxidation sites excluding steroid dienone is 1. The van der Waals surface area contributed by atoms with Crippen LogP contribution < -0.4 is 5.32 Å². The molecule has 0 aliphatic carbocycles. The smallest absolute Gasteiger partial charge is 0.327 e. The molecule has 2 rings (SSSR count). The number of halogens is 1. The molecule has 174 valence electrons. The Kier molecular flexibility index (Phi) is 10.2. The van der Waals surface area contributed by atoms with E-state index in [1.807, 2.05) is 0 Å². The molecule has 1 heterocycles. The number of carboxylic acids is 1. The third kappa shape index (κ3) is 7.07. The normalized spacial score (nSPS) is 19.7. The summed E-state index contributed by atoms with van der Waals surface area (Å²) < 4.78 is 19.3. The Morgan fingerprint density at radius 3 is 2.69 bits per heavy atom. The van der Waals surface area contributed by atoms with Crippen molar-refractivity contribution in [1.82, 2.24) is 10.2 Å². The van der Waals surface area contributed by atoms with Gasteiger partial charge in [-0.2, -0.15) is 0 Å². The van der Waals surface area contributed by atoms with Gasteiger partial charge in [0.15, 0.2) is 0 Å². The highest BCUT2D eigenvalue weighted by molar-refractivity contribution is 8.77. The summed E-state index contributed by atoms with van der Waals surface area (Å²) in [5.41, 5.74) is 0.935. The number of aliphatic carboxylic acids is 1. The molecule has 1 amide bonds. The SMILES string of the molecule is COC(=O)C(c1ccccc1F)N1CCC(SSC[C@H](NC(C)=O)C(=O)O)/C(=C\C=O)C1. The molecule has 1 aromatic carbocycles. The standard InChI is InChI=1S/C21H25FN2O6S2/c1-13(26)23-17(20(27)28)12-31-32-18-7-9-24(11-14(18)8-10-25)19(21(29)30-2)15-5-3-4-6-16(15)22/h3-6,8,10,17-19H,7,9,11-12H2,1-2H3,(H,23,26)(H,27,28)/b14-8-/t17-,18?,19?/m0/s1. The minimum absolute atomic E-state index is 0.104. The van der Waals surface area contributed by atoms with Gasteiger partial charge in [-0.25, -0.2) is 14.0 Å². The minimum Gasteiger partial charge on any atom is -0.480 e. The van der Waals surface area contributed by atoms with Gasteiger partial charge in [-0.3, -0.25) is 14.5 Å². The second-order valence-corrected chi connectivity index (χ2v) is 9.66. The number of aldehydes is 1. The molecule has 0 spiro atoms. The number of esters is 1. The van der Waals surface area contributed by atoms with Crippen molar-refractivity contribution >= 4 is 45.7 Å². The number of likely N-dealkylation sites (tertiary alicyclic amines) is 1. The number of nitrogens with zero attached hydrogens (tertiary/aromatic N) is 1. The number of hydrogen-bond donors (Lipinski definition) is 2. The predicted molar refractivity (Wildman–Crippen MR) is 121 cm³/mol. The van der Waals surface area contributed by atoms with Crippen molar-refractivity contribution in [2.75, 3.05) is 26.0 Å². The lowest BCUT2D eigenvalue weighted by Crippen LogP contribution is -2.43. The molecule has 0 aromatic heterocycles. The van der Waals surface area contributed by atoms with Gasteiger partial charge in [0, 0.05) is 36.6 Å². The molecule has 1 saturated heterocycles. The molecule has 3 atom stereocenters. The second kappa shape index (κ2) is 12.6. The number of piperidine rings is 1.